The summed E-state index contributed by atoms with van der Waals surface area (Å²) in [6.45, 7) is 4.16. The second kappa shape index (κ2) is 12.0. The average molecular weight is 390 g/mol. The van der Waals surface area contributed by atoms with Crippen molar-refractivity contribution in [3.05, 3.63) is 35.1 Å². The van der Waals surface area contributed by atoms with Gasteiger partial charge < -0.3 is 4.74 Å². The number of hydrogen-bond acceptors (Lipinski definition) is 2. The van der Waals surface area contributed by atoms with Gasteiger partial charge in [-0.3, -0.25) is 0 Å². The number of benzene rings is 1. The second-order valence-corrected chi connectivity index (χ2v) is 6.92. The first kappa shape index (κ1) is 23.4. The zero-order valence-corrected chi connectivity index (χ0v) is 16.2. The van der Waals surface area contributed by atoms with Gasteiger partial charge in [-0.2, -0.15) is 13.2 Å². The van der Waals surface area contributed by atoms with E-state index in [0.717, 1.165) is 32.1 Å². The molecule has 0 spiro atoms. The summed E-state index contributed by atoms with van der Waals surface area (Å²) in [5.74, 6) is -2.02. The van der Waals surface area contributed by atoms with Crippen LogP contribution < -0.4 is 0 Å². The molecule has 0 bridgehead atoms. The van der Waals surface area contributed by atoms with Gasteiger partial charge in [0.25, 0.3) is 0 Å². The molecule has 1 atom stereocenters. The minimum Gasteiger partial charge on any atom is -0.459 e. The number of rotatable bonds is 12. The first-order valence-corrected chi connectivity index (χ1v) is 9.87. The van der Waals surface area contributed by atoms with Crippen molar-refractivity contribution in [2.45, 2.75) is 90.3 Å². The normalized spacial score (nSPS) is 12.8. The SMILES string of the molecule is CCCCCCCCC(CCCC)OC(=O)c1cc(C(F)(F)F)ccc1F. The van der Waals surface area contributed by atoms with E-state index in [2.05, 4.69) is 6.92 Å². The highest BCUT2D eigenvalue weighted by Crippen LogP contribution is 2.30. The van der Waals surface area contributed by atoms with E-state index in [1.807, 2.05) is 6.92 Å². The molecule has 0 N–H and O–H groups in total. The number of hydrogen-bond donors (Lipinski definition) is 0. The lowest BCUT2D eigenvalue weighted by Crippen LogP contribution is -2.20. The number of carbonyl (C=O) groups excluding carboxylic acids is 1. The Kier molecular flexibility index (Phi) is 10.4. The van der Waals surface area contributed by atoms with Gasteiger partial charge in [-0.15, -0.1) is 0 Å². The quantitative estimate of drug-likeness (QED) is 0.212. The van der Waals surface area contributed by atoms with Crippen molar-refractivity contribution < 1.29 is 27.1 Å². The predicted molar refractivity (Wildman–Crippen MR) is 98.1 cm³/mol. The topological polar surface area (TPSA) is 26.3 Å². The van der Waals surface area contributed by atoms with E-state index in [1.165, 1.54) is 19.3 Å². The van der Waals surface area contributed by atoms with Gasteiger partial charge in [-0.05, 0) is 37.5 Å². The van der Waals surface area contributed by atoms with Gasteiger partial charge in [0.2, 0.25) is 0 Å². The highest BCUT2D eigenvalue weighted by molar-refractivity contribution is 5.90. The fraction of sp³-hybridized carbons (Fsp3) is 0.667. The summed E-state index contributed by atoms with van der Waals surface area (Å²) in [5.41, 5.74) is -1.72. The zero-order chi connectivity index (χ0) is 20.3. The Labute approximate surface area is 159 Å². The molecule has 0 amide bonds. The number of halogens is 4. The summed E-state index contributed by atoms with van der Waals surface area (Å²) in [6.07, 6.45) is 4.59. The van der Waals surface area contributed by atoms with E-state index in [1.54, 1.807) is 0 Å². The second-order valence-electron chi connectivity index (χ2n) is 6.92. The first-order valence-electron chi connectivity index (χ1n) is 9.87. The van der Waals surface area contributed by atoms with Crippen LogP contribution in [0.3, 0.4) is 0 Å². The van der Waals surface area contributed by atoms with Crippen LogP contribution in [0, 0.1) is 5.82 Å². The maximum atomic E-state index is 13.9. The maximum absolute atomic E-state index is 13.9. The highest BCUT2D eigenvalue weighted by atomic mass is 19.4. The maximum Gasteiger partial charge on any atom is 0.416 e. The molecule has 0 heterocycles. The average Bonchev–Trinajstić information content (AvgIpc) is 2.61. The predicted octanol–water partition coefficient (Wildman–Crippen LogP) is 7.31. The summed E-state index contributed by atoms with van der Waals surface area (Å²) >= 11 is 0. The van der Waals surface area contributed by atoms with Gasteiger partial charge in [-0.25, -0.2) is 9.18 Å². The fourth-order valence-corrected chi connectivity index (χ4v) is 2.92. The van der Waals surface area contributed by atoms with E-state index in [-0.39, 0.29) is 0 Å². The van der Waals surface area contributed by atoms with Gasteiger partial charge in [0.15, 0.2) is 0 Å². The number of carbonyl (C=O) groups is 1. The van der Waals surface area contributed by atoms with Crippen LogP contribution in [0.2, 0.25) is 0 Å². The first-order chi connectivity index (χ1) is 12.8. The van der Waals surface area contributed by atoms with E-state index in [9.17, 15) is 22.4 Å². The van der Waals surface area contributed by atoms with Crippen LogP contribution in [-0.2, 0) is 10.9 Å². The van der Waals surface area contributed by atoms with E-state index >= 15 is 0 Å². The molecule has 1 rings (SSSR count). The van der Waals surface area contributed by atoms with Crippen LogP contribution in [-0.4, -0.2) is 12.1 Å². The Morgan fingerprint density at radius 3 is 2.19 bits per heavy atom. The van der Waals surface area contributed by atoms with E-state index < -0.39 is 35.2 Å². The molecule has 6 heteroatoms. The third kappa shape index (κ3) is 8.76. The van der Waals surface area contributed by atoms with Gasteiger partial charge in [0.1, 0.15) is 11.9 Å². The molecule has 154 valence electrons. The van der Waals surface area contributed by atoms with Gasteiger partial charge in [-0.1, -0.05) is 58.8 Å². The molecule has 27 heavy (non-hydrogen) atoms. The van der Waals surface area contributed by atoms with Crippen LogP contribution in [0.15, 0.2) is 18.2 Å². The van der Waals surface area contributed by atoms with Gasteiger partial charge in [0, 0.05) is 0 Å². The van der Waals surface area contributed by atoms with Crippen molar-refractivity contribution in [3.8, 4) is 0 Å². The summed E-state index contributed by atoms with van der Waals surface area (Å²) in [6, 6.07) is 1.81. The Bertz CT molecular complexity index is 570. The third-order valence-electron chi connectivity index (χ3n) is 4.55. The van der Waals surface area contributed by atoms with Crippen LogP contribution in [0.4, 0.5) is 17.6 Å². The minimum atomic E-state index is -4.64. The molecule has 0 aliphatic rings. The molecule has 0 aliphatic heterocycles. The molecule has 0 aliphatic carbocycles. The molecule has 0 saturated carbocycles. The van der Waals surface area contributed by atoms with Crippen molar-refractivity contribution in [3.63, 3.8) is 0 Å². The van der Waals surface area contributed by atoms with Crippen molar-refractivity contribution >= 4 is 5.97 Å². The lowest BCUT2D eigenvalue weighted by atomic mass is 10.0. The molecule has 1 aromatic rings. The van der Waals surface area contributed by atoms with E-state index in [4.69, 9.17) is 4.74 Å². The van der Waals surface area contributed by atoms with Crippen molar-refractivity contribution in [2.24, 2.45) is 0 Å². The molecule has 0 fully saturated rings. The number of alkyl halides is 3. The van der Waals surface area contributed by atoms with Crippen LogP contribution in [0.5, 0.6) is 0 Å². The highest BCUT2D eigenvalue weighted by Gasteiger charge is 2.32. The molecule has 1 aromatic carbocycles. The summed E-state index contributed by atoms with van der Waals surface area (Å²) in [4.78, 5) is 12.3. The molecule has 0 radical (unpaired) electrons. The monoisotopic (exact) mass is 390 g/mol. The lowest BCUT2D eigenvalue weighted by molar-refractivity contribution is -0.137. The Morgan fingerprint density at radius 2 is 1.56 bits per heavy atom. The summed E-state index contributed by atoms with van der Waals surface area (Å²) in [5, 5.41) is 0. The number of esters is 1. The molecule has 0 saturated heterocycles. The zero-order valence-electron chi connectivity index (χ0n) is 16.2. The molecular weight excluding hydrogens is 360 g/mol. The van der Waals surface area contributed by atoms with Crippen molar-refractivity contribution in [2.75, 3.05) is 0 Å². The molecule has 2 nitrogen and oxygen atoms in total. The Hall–Kier alpha value is -1.59. The minimum absolute atomic E-state index is 0.391. The van der Waals surface area contributed by atoms with Crippen molar-refractivity contribution in [1.29, 1.82) is 0 Å². The fourth-order valence-electron chi connectivity index (χ4n) is 2.92. The molecule has 0 aromatic heterocycles. The number of unbranched alkanes of at least 4 members (excludes halogenated alkanes) is 6. The third-order valence-corrected chi connectivity index (χ3v) is 4.55. The van der Waals surface area contributed by atoms with Crippen LogP contribution in [0.1, 0.15) is 94.0 Å². The van der Waals surface area contributed by atoms with E-state index in [0.29, 0.717) is 31.0 Å². The molecular formula is C21H30F4O2. The summed E-state index contributed by atoms with van der Waals surface area (Å²) < 4.78 is 57.7. The lowest BCUT2D eigenvalue weighted by Gasteiger charge is -2.18. The van der Waals surface area contributed by atoms with Crippen LogP contribution in [0.25, 0.3) is 0 Å². The van der Waals surface area contributed by atoms with Gasteiger partial charge >= 0.3 is 12.1 Å². The van der Waals surface area contributed by atoms with Gasteiger partial charge in [0.05, 0.1) is 11.1 Å². The summed E-state index contributed by atoms with van der Waals surface area (Å²) in [7, 11) is 0. The van der Waals surface area contributed by atoms with Crippen molar-refractivity contribution in [1.82, 2.24) is 0 Å². The molecule has 1 unspecified atom stereocenters. The van der Waals surface area contributed by atoms with Crippen LogP contribution >= 0.6 is 0 Å². The number of ether oxygens (including phenoxy) is 1. The Balaban J connectivity index is 2.69. The standard InChI is InChI=1S/C21H30F4O2/c1-3-5-7-8-9-10-12-17(11-6-4-2)27-20(26)18-15-16(21(23,24)25)13-14-19(18)22/h13-15,17H,3-12H2,1-2H3. The smallest absolute Gasteiger partial charge is 0.416 e. The Morgan fingerprint density at radius 1 is 0.963 bits per heavy atom. The largest absolute Gasteiger partial charge is 0.459 e.